The second-order valence-electron chi connectivity index (χ2n) is 6.54. The highest BCUT2D eigenvalue weighted by molar-refractivity contribution is 6.31. The lowest BCUT2D eigenvalue weighted by atomic mass is 9.94. The maximum atomic E-state index is 13.2. The van der Waals surface area contributed by atoms with Crippen molar-refractivity contribution in [3.8, 4) is 0 Å². The summed E-state index contributed by atoms with van der Waals surface area (Å²) in [6.45, 7) is 0. The molecule has 5 nitrogen and oxygen atoms in total. The number of hydrogen-bond acceptors (Lipinski definition) is 3. The molecule has 4 rings (SSSR count). The minimum Gasteiger partial charge on any atom is -0.444 e. The molecule has 3 atom stereocenters. The van der Waals surface area contributed by atoms with E-state index < -0.39 is 17.3 Å². The minimum absolute atomic E-state index is 0.0520. The van der Waals surface area contributed by atoms with Crippen LogP contribution >= 0.6 is 11.6 Å². The molecule has 2 amide bonds. The zero-order valence-electron chi connectivity index (χ0n) is 12.3. The van der Waals surface area contributed by atoms with E-state index in [0.717, 1.165) is 0 Å². The van der Waals surface area contributed by atoms with Gasteiger partial charge in [-0.3, -0.25) is 4.79 Å². The molecule has 1 heterocycles. The van der Waals surface area contributed by atoms with Gasteiger partial charge >= 0.3 is 6.09 Å². The number of benzene rings is 1. The first kappa shape index (κ1) is 14.8. The van der Waals surface area contributed by atoms with Crippen molar-refractivity contribution in [1.82, 2.24) is 10.6 Å². The molecule has 2 N–H and O–H groups in total. The van der Waals surface area contributed by atoms with Gasteiger partial charge < -0.3 is 15.4 Å². The van der Waals surface area contributed by atoms with Crippen molar-refractivity contribution < 1.29 is 18.7 Å². The Morgan fingerprint density at radius 3 is 2.87 bits per heavy atom. The number of rotatable bonds is 3. The van der Waals surface area contributed by atoms with Crippen LogP contribution in [0.2, 0.25) is 5.02 Å². The molecule has 122 valence electrons. The second kappa shape index (κ2) is 5.09. The molecule has 2 aliphatic carbocycles. The van der Waals surface area contributed by atoms with E-state index in [1.807, 2.05) is 0 Å². The minimum atomic E-state index is -0.682. The number of fused-ring (bicyclic) bond motifs is 2. The number of carbonyl (C=O) groups is 2. The lowest BCUT2D eigenvalue weighted by molar-refractivity contribution is -0.125. The van der Waals surface area contributed by atoms with E-state index in [4.69, 9.17) is 16.3 Å². The summed E-state index contributed by atoms with van der Waals surface area (Å²) in [6, 6.07) is 4.00. The molecular weight excluding hydrogens is 323 g/mol. The number of nitrogens with one attached hydrogen (secondary N) is 2. The van der Waals surface area contributed by atoms with Crippen molar-refractivity contribution >= 4 is 23.6 Å². The lowest BCUT2D eigenvalue weighted by Gasteiger charge is -2.25. The molecule has 3 aliphatic rings. The van der Waals surface area contributed by atoms with Gasteiger partial charge in [0.2, 0.25) is 5.91 Å². The molecule has 0 spiro atoms. The highest BCUT2D eigenvalue weighted by Gasteiger charge is 2.54. The van der Waals surface area contributed by atoms with Crippen LogP contribution in [0.5, 0.6) is 0 Å². The van der Waals surface area contributed by atoms with E-state index in [1.165, 1.54) is 12.1 Å². The van der Waals surface area contributed by atoms with E-state index in [2.05, 4.69) is 10.6 Å². The van der Waals surface area contributed by atoms with Crippen LogP contribution in [0.1, 0.15) is 31.2 Å². The molecule has 7 heteroatoms. The predicted molar refractivity (Wildman–Crippen MR) is 80.7 cm³/mol. The molecule has 1 aromatic rings. The highest BCUT2D eigenvalue weighted by atomic mass is 35.5. The number of amides is 2. The monoisotopic (exact) mass is 338 g/mol. The van der Waals surface area contributed by atoms with Gasteiger partial charge in [-0.05, 0) is 37.0 Å². The van der Waals surface area contributed by atoms with Crippen LogP contribution in [-0.2, 0) is 14.9 Å². The first-order chi connectivity index (χ1) is 11.0. The van der Waals surface area contributed by atoms with E-state index in [0.29, 0.717) is 31.2 Å². The van der Waals surface area contributed by atoms with Gasteiger partial charge in [0.25, 0.3) is 0 Å². The smallest absolute Gasteiger partial charge is 0.407 e. The average molecular weight is 339 g/mol. The van der Waals surface area contributed by atoms with E-state index in [9.17, 15) is 14.0 Å². The summed E-state index contributed by atoms with van der Waals surface area (Å²) in [5, 5.41) is 6.02. The maximum Gasteiger partial charge on any atom is 0.407 e. The van der Waals surface area contributed by atoms with Gasteiger partial charge in [-0.1, -0.05) is 17.7 Å². The van der Waals surface area contributed by atoms with E-state index in [-0.39, 0.29) is 29.1 Å². The number of halogens is 2. The Bertz CT molecular complexity index is 692. The third-order valence-corrected chi connectivity index (χ3v) is 5.34. The van der Waals surface area contributed by atoms with Crippen LogP contribution in [0.4, 0.5) is 9.18 Å². The fourth-order valence-corrected chi connectivity index (χ4v) is 4.01. The molecule has 2 saturated carbocycles. The number of alkyl carbamates (subject to hydrolysis) is 1. The van der Waals surface area contributed by atoms with Gasteiger partial charge in [-0.25, -0.2) is 9.18 Å². The topological polar surface area (TPSA) is 67.4 Å². The quantitative estimate of drug-likeness (QED) is 0.888. The summed E-state index contributed by atoms with van der Waals surface area (Å²) in [5.41, 5.74) is -0.0204. The van der Waals surface area contributed by atoms with E-state index in [1.54, 1.807) is 6.07 Å². The first-order valence-corrected chi connectivity index (χ1v) is 8.09. The van der Waals surface area contributed by atoms with Crippen LogP contribution in [0.25, 0.3) is 0 Å². The van der Waals surface area contributed by atoms with Crippen molar-refractivity contribution in [3.05, 3.63) is 34.6 Å². The molecule has 3 fully saturated rings. The Balaban J connectivity index is 1.52. The summed E-state index contributed by atoms with van der Waals surface area (Å²) in [5.74, 6) is -0.544. The average Bonchev–Trinajstić information content (AvgIpc) is 3.22. The number of ether oxygens (including phenoxy) is 1. The Kier molecular flexibility index (Phi) is 3.27. The fraction of sp³-hybridized carbons (Fsp3) is 0.500. The number of carbonyl (C=O) groups excluding carboxylic acids is 2. The standard InChI is InChI=1S/C16H16ClFN2O3/c17-11-5-8(18)1-2-10(11)16(3-4-16)14(21)20-12-6-9-7-13(12)23-15(22)19-9/h1-2,5,9,12-13H,3-4,6-7H2,(H,19,22)(H,20,21)/t9-,12-,13-/m1/s1. The van der Waals surface area contributed by atoms with Crippen LogP contribution in [0.15, 0.2) is 18.2 Å². The number of hydrogen-bond donors (Lipinski definition) is 2. The zero-order chi connectivity index (χ0) is 16.2. The zero-order valence-corrected chi connectivity index (χ0v) is 13.0. The molecule has 2 bridgehead atoms. The van der Waals surface area contributed by atoms with E-state index >= 15 is 0 Å². The van der Waals surface area contributed by atoms with Gasteiger partial charge in [0, 0.05) is 17.5 Å². The van der Waals surface area contributed by atoms with Gasteiger partial charge in [0.15, 0.2) is 0 Å². The molecule has 0 aromatic heterocycles. The molecular formula is C16H16ClFN2O3. The summed E-state index contributed by atoms with van der Waals surface area (Å²) in [7, 11) is 0. The maximum absolute atomic E-state index is 13.2. The molecule has 23 heavy (non-hydrogen) atoms. The lowest BCUT2D eigenvalue weighted by Crippen LogP contribution is -2.46. The Morgan fingerprint density at radius 2 is 2.17 bits per heavy atom. The van der Waals surface area contributed by atoms with Crippen molar-refractivity contribution in [2.75, 3.05) is 0 Å². The van der Waals surface area contributed by atoms with Gasteiger partial charge in [0.1, 0.15) is 11.9 Å². The third kappa shape index (κ3) is 2.45. The van der Waals surface area contributed by atoms with Crippen LogP contribution in [0.3, 0.4) is 0 Å². The molecule has 0 radical (unpaired) electrons. The fourth-order valence-electron chi connectivity index (χ4n) is 3.67. The van der Waals surface area contributed by atoms with Crippen molar-refractivity contribution in [2.45, 2.75) is 49.3 Å². The van der Waals surface area contributed by atoms with Crippen LogP contribution in [-0.4, -0.2) is 30.2 Å². The molecule has 1 aliphatic heterocycles. The van der Waals surface area contributed by atoms with Crippen LogP contribution < -0.4 is 10.6 Å². The Labute approximate surface area is 137 Å². The molecule has 0 unspecified atom stereocenters. The van der Waals surface area contributed by atoms with Crippen molar-refractivity contribution in [1.29, 1.82) is 0 Å². The Morgan fingerprint density at radius 1 is 1.39 bits per heavy atom. The summed E-state index contributed by atoms with van der Waals surface area (Å²) < 4.78 is 18.5. The normalized spacial score (nSPS) is 30.3. The summed E-state index contributed by atoms with van der Waals surface area (Å²) in [6.07, 6.45) is 2.03. The summed E-state index contributed by atoms with van der Waals surface area (Å²) in [4.78, 5) is 24.1. The Hall–Kier alpha value is -1.82. The first-order valence-electron chi connectivity index (χ1n) is 7.71. The largest absolute Gasteiger partial charge is 0.444 e. The molecule has 1 aromatic carbocycles. The molecule has 1 saturated heterocycles. The van der Waals surface area contributed by atoms with Gasteiger partial charge in [-0.15, -0.1) is 0 Å². The van der Waals surface area contributed by atoms with Gasteiger partial charge in [0.05, 0.1) is 11.5 Å². The van der Waals surface area contributed by atoms with Crippen molar-refractivity contribution in [3.63, 3.8) is 0 Å². The highest BCUT2D eigenvalue weighted by Crippen LogP contribution is 2.51. The predicted octanol–water partition coefficient (Wildman–Crippen LogP) is 2.27. The van der Waals surface area contributed by atoms with Crippen LogP contribution in [0, 0.1) is 5.82 Å². The SMILES string of the molecule is O=C1N[C@@H]2C[C@@H](NC(=O)C3(c4ccc(F)cc4Cl)CC3)[C@@H](C2)O1. The third-order valence-electron chi connectivity index (χ3n) is 5.03. The second-order valence-corrected chi connectivity index (χ2v) is 6.95. The summed E-state index contributed by atoms with van der Waals surface area (Å²) >= 11 is 6.12. The van der Waals surface area contributed by atoms with Crippen molar-refractivity contribution in [2.24, 2.45) is 0 Å². The van der Waals surface area contributed by atoms with Gasteiger partial charge in [-0.2, -0.15) is 0 Å².